The van der Waals surface area contributed by atoms with Crippen molar-refractivity contribution in [1.29, 1.82) is 0 Å². The summed E-state index contributed by atoms with van der Waals surface area (Å²) in [5.41, 5.74) is -0.280. The second-order valence-corrected chi connectivity index (χ2v) is 5.35. The monoisotopic (exact) mass is 271 g/mol. The van der Waals surface area contributed by atoms with Crippen molar-refractivity contribution in [2.75, 3.05) is 26.8 Å². The molecule has 0 aromatic heterocycles. The molecule has 6 nitrogen and oxygen atoms in total. The predicted octanol–water partition coefficient (Wildman–Crippen LogP) is 0.648. The van der Waals surface area contributed by atoms with Crippen molar-refractivity contribution < 1.29 is 24.2 Å². The number of carboxylic acid groups (broad SMARTS) is 1. The van der Waals surface area contributed by atoms with Gasteiger partial charge in [0.2, 0.25) is 5.91 Å². The van der Waals surface area contributed by atoms with Gasteiger partial charge in [-0.25, -0.2) is 0 Å². The molecule has 19 heavy (non-hydrogen) atoms. The van der Waals surface area contributed by atoms with Crippen LogP contribution in [0.3, 0.4) is 0 Å². The summed E-state index contributed by atoms with van der Waals surface area (Å²) in [6.07, 6.45) is 2.90. The fraction of sp³-hybridized carbons (Fsp3) is 0.846. The molecule has 0 aromatic carbocycles. The molecule has 0 radical (unpaired) electrons. The minimum atomic E-state index is -0.897. The summed E-state index contributed by atoms with van der Waals surface area (Å²) < 4.78 is 10.8. The molecule has 1 saturated heterocycles. The van der Waals surface area contributed by atoms with E-state index in [4.69, 9.17) is 14.6 Å². The highest BCUT2D eigenvalue weighted by molar-refractivity contribution is 5.77. The van der Waals surface area contributed by atoms with Crippen LogP contribution in [0, 0.1) is 0 Å². The van der Waals surface area contributed by atoms with E-state index in [1.54, 1.807) is 12.0 Å². The van der Waals surface area contributed by atoms with Crippen LogP contribution in [0.25, 0.3) is 0 Å². The second-order valence-electron chi connectivity index (χ2n) is 5.35. The normalized spacial score (nSPS) is 25.7. The number of morpholine rings is 1. The summed E-state index contributed by atoms with van der Waals surface area (Å²) in [5, 5.41) is 8.76. The second kappa shape index (κ2) is 5.88. The lowest BCUT2D eigenvalue weighted by Gasteiger charge is -2.42. The summed E-state index contributed by atoms with van der Waals surface area (Å²) in [4.78, 5) is 24.6. The summed E-state index contributed by atoms with van der Waals surface area (Å²) in [6, 6.07) is 0. The van der Waals surface area contributed by atoms with Crippen LogP contribution in [0.15, 0.2) is 0 Å². The van der Waals surface area contributed by atoms with Gasteiger partial charge in [0.1, 0.15) is 0 Å². The largest absolute Gasteiger partial charge is 0.481 e. The molecule has 0 aromatic rings. The first kappa shape index (κ1) is 14.3. The Bertz CT molecular complexity index is 347. The molecule has 2 rings (SSSR count). The van der Waals surface area contributed by atoms with E-state index in [9.17, 15) is 9.59 Å². The molecule has 2 fully saturated rings. The van der Waals surface area contributed by atoms with Crippen LogP contribution >= 0.6 is 0 Å². The van der Waals surface area contributed by atoms with Crippen LogP contribution in [-0.2, 0) is 19.1 Å². The van der Waals surface area contributed by atoms with Crippen molar-refractivity contribution >= 4 is 11.9 Å². The van der Waals surface area contributed by atoms with Gasteiger partial charge in [0.15, 0.2) is 0 Å². The van der Waals surface area contributed by atoms with Gasteiger partial charge in [-0.05, 0) is 19.3 Å². The predicted molar refractivity (Wildman–Crippen MR) is 66.8 cm³/mol. The Balaban J connectivity index is 1.86. The van der Waals surface area contributed by atoms with Gasteiger partial charge in [0.05, 0.1) is 31.2 Å². The van der Waals surface area contributed by atoms with E-state index >= 15 is 0 Å². The van der Waals surface area contributed by atoms with Gasteiger partial charge >= 0.3 is 5.97 Å². The average molecular weight is 271 g/mol. The fourth-order valence-corrected chi connectivity index (χ4v) is 2.68. The Labute approximate surface area is 112 Å². The minimum absolute atomic E-state index is 0.0419. The first-order chi connectivity index (χ1) is 9.04. The van der Waals surface area contributed by atoms with Crippen LogP contribution in [-0.4, -0.2) is 60.4 Å². The molecule has 1 amide bonds. The third kappa shape index (κ3) is 3.45. The standard InChI is InChI=1S/C13H21NO5/c1-18-13(3-2-4-13)8-11(15)14-5-6-19-10(9-14)7-12(16)17/h10H,2-9H2,1H3,(H,16,17). The van der Waals surface area contributed by atoms with Gasteiger partial charge in [-0.15, -0.1) is 0 Å². The van der Waals surface area contributed by atoms with E-state index < -0.39 is 12.1 Å². The first-order valence-corrected chi connectivity index (χ1v) is 6.71. The van der Waals surface area contributed by atoms with Crippen molar-refractivity contribution in [3.63, 3.8) is 0 Å². The lowest BCUT2D eigenvalue weighted by molar-refractivity contribution is -0.154. The van der Waals surface area contributed by atoms with E-state index in [2.05, 4.69) is 0 Å². The number of carbonyl (C=O) groups is 2. The van der Waals surface area contributed by atoms with Crippen molar-refractivity contribution in [3.05, 3.63) is 0 Å². The number of ether oxygens (including phenoxy) is 2. The Hall–Kier alpha value is -1.14. The Morgan fingerprint density at radius 3 is 2.74 bits per heavy atom. The molecule has 1 N–H and O–H groups in total. The number of amides is 1. The Kier molecular flexibility index (Phi) is 4.42. The minimum Gasteiger partial charge on any atom is -0.481 e. The summed E-state index contributed by atoms with van der Waals surface area (Å²) in [5.74, 6) is -0.855. The lowest BCUT2D eigenvalue weighted by atomic mass is 9.77. The third-order valence-electron chi connectivity index (χ3n) is 4.06. The number of carbonyl (C=O) groups excluding carboxylic acids is 1. The van der Waals surface area contributed by atoms with Crippen molar-refractivity contribution in [2.45, 2.75) is 43.8 Å². The van der Waals surface area contributed by atoms with Gasteiger partial charge in [-0.1, -0.05) is 0 Å². The van der Waals surface area contributed by atoms with E-state index in [1.807, 2.05) is 0 Å². The third-order valence-corrected chi connectivity index (χ3v) is 4.06. The maximum absolute atomic E-state index is 12.2. The zero-order valence-corrected chi connectivity index (χ0v) is 11.3. The van der Waals surface area contributed by atoms with Crippen LogP contribution < -0.4 is 0 Å². The van der Waals surface area contributed by atoms with Gasteiger partial charge in [0.25, 0.3) is 0 Å². The molecule has 1 saturated carbocycles. The highest BCUT2D eigenvalue weighted by Crippen LogP contribution is 2.38. The van der Waals surface area contributed by atoms with Gasteiger partial charge in [0, 0.05) is 20.2 Å². The maximum atomic E-state index is 12.2. The zero-order chi connectivity index (χ0) is 13.9. The molecule has 6 heteroatoms. The number of hydrogen-bond donors (Lipinski definition) is 1. The van der Waals surface area contributed by atoms with Crippen molar-refractivity contribution in [3.8, 4) is 0 Å². The highest BCUT2D eigenvalue weighted by Gasteiger charge is 2.40. The van der Waals surface area contributed by atoms with Crippen LogP contribution in [0.5, 0.6) is 0 Å². The highest BCUT2D eigenvalue weighted by atomic mass is 16.5. The smallest absolute Gasteiger partial charge is 0.306 e. The molecule has 0 spiro atoms. The summed E-state index contributed by atoms with van der Waals surface area (Å²) in [6.45, 7) is 1.31. The van der Waals surface area contributed by atoms with Gasteiger partial charge in [-0.2, -0.15) is 0 Å². The maximum Gasteiger partial charge on any atom is 0.306 e. The molecular weight excluding hydrogens is 250 g/mol. The van der Waals surface area contributed by atoms with Crippen molar-refractivity contribution in [1.82, 2.24) is 4.90 Å². The van der Waals surface area contributed by atoms with Gasteiger partial charge < -0.3 is 19.5 Å². The topological polar surface area (TPSA) is 76.1 Å². The fourth-order valence-electron chi connectivity index (χ4n) is 2.68. The number of methoxy groups -OCH3 is 1. The zero-order valence-electron chi connectivity index (χ0n) is 11.3. The summed E-state index contributed by atoms with van der Waals surface area (Å²) >= 11 is 0. The average Bonchev–Trinajstić information content (AvgIpc) is 2.33. The SMILES string of the molecule is COC1(CC(=O)N2CCOC(CC(=O)O)C2)CCC1. The molecule has 1 heterocycles. The van der Waals surface area contributed by atoms with Crippen LogP contribution in [0.1, 0.15) is 32.1 Å². The molecule has 1 unspecified atom stereocenters. The lowest BCUT2D eigenvalue weighted by Crippen LogP contribution is -2.50. The molecule has 1 aliphatic heterocycles. The van der Waals surface area contributed by atoms with Gasteiger partial charge in [-0.3, -0.25) is 9.59 Å². The Morgan fingerprint density at radius 1 is 1.47 bits per heavy atom. The van der Waals surface area contributed by atoms with Crippen molar-refractivity contribution in [2.24, 2.45) is 0 Å². The number of nitrogens with zero attached hydrogens (tertiary/aromatic N) is 1. The number of aliphatic carboxylic acids is 1. The molecule has 108 valence electrons. The molecule has 1 atom stereocenters. The van der Waals surface area contributed by atoms with Crippen LogP contribution in [0.4, 0.5) is 0 Å². The first-order valence-electron chi connectivity index (χ1n) is 6.71. The molecule has 2 aliphatic rings. The molecule has 0 bridgehead atoms. The quantitative estimate of drug-likeness (QED) is 0.794. The van der Waals surface area contributed by atoms with E-state index in [0.29, 0.717) is 26.1 Å². The number of hydrogen-bond acceptors (Lipinski definition) is 4. The van der Waals surface area contributed by atoms with E-state index in [1.165, 1.54) is 0 Å². The molecule has 1 aliphatic carbocycles. The van der Waals surface area contributed by atoms with Crippen LogP contribution in [0.2, 0.25) is 0 Å². The van der Waals surface area contributed by atoms with E-state index in [0.717, 1.165) is 19.3 Å². The Morgan fingerprint density at radius 2 is 2.21 bits per heavy atom. The van der Waals surface area contributed by atoms with E-state index in [-0.39, 0.29) is 17.9 Å². The molecular formula is C13H21NO5. The summed E-state index contributed by atoms with van der Waals surface area (Å²) in [7, 11) is 1.65. The number of rotatable bonds is 5. The number of carboxylic acids is 1.